The van der Waals surface area contributed by atoms with Crippen LogP contribution in [0.25, 0.3) is 0 Å². The first-order valence-electron chi connectivity index (χ1n) is 3.73. The van der Waals surface area contributed by atoms with Crippen LogP contribution in [-0.4, -0.2) is 28.9 Å². The van der Waals surface area contributed by atoms with Gasteiger partial charge in [0.25, 0.3) is 0 Å². The molecule has 0 aromatic heterocycles. The van der Waals surface area contributed by atoms with E-state index in [4.69, 9.17) is 5.26 Å². The van der Waals surface area contributed by atoms with Gasteiger partial charge in [-0.05, 0) is 13.3 Å². The van der Waals surface area contributed by atoms with E-state index in [9.17, 15) is 0 Å². The summed E-state index contributed by atoms with van der Waals surface area (Å²) in [7, 11) is 0. The number of hydrogen-bond acceptors (Lipinski definition) is 3. The number of thioether (sulfide) groups is 1. The van der Waals surface area contributed by atoms with Crippen LogP contribution in [0.15, 0.2) is 4.99 Å². The van der Waals surface area contributed by atoms with Gasteiger partial charge in [-0.1, -0.05) is 11.8 Å². The summed E-state index contributed by atoms with van der Waals surface area (Å²) in [5, 5.41) is 9.24. The third kappa shape index (κ3) is 2.12. The van der Waals surface area contributed by atoms with Crippen LogP contribution in [0.2, 0.25) is 0 Å². The van der Waals surface area contributed by atoms with Gasteiger partial charge in [0.1, 0.15) is 0 Å². The quantitative estimate of drug-likeness (QED) is 0.555. The average molecular weight is 169 g/mol. The van der Waals surface area contributed by atoms with Crippen molar-refractivity contribution in [1.29, 1.82) is 5.26 Å². The lowest BCUT2D eigenvalue weighted by Gasteiger charge is -2.27. The Hall–Kier alpha value is -0.690. The van der Waals surface area contributed by atoms with E-state index in [-0.39, 0.29) is 0 Å². The first-order valence-corrected chi connectivity index (χ1v) is 4.71. The fourth-order valence-electron chi connectivity index (χ4n) is 1.04. The molecule has 4 heteroatoms. The largest absolute Gasteiger partial charge is 0.351 e. The maximum Gasteiger partial charge on any atom is 0.208 e. The summed E-state index contributed by atoms with van der Waals surface area (Å²) >= 11 is 1.67. The van der Waals surface area contributed by atoms with Gasteiger partial charge in [-0.25, -0.2) is 0 Å². The van der Waals surface area contributed by atoms with Crippen LogP contribution in [0.4, 0.5) is 0 Å². The molecule has 0 amide bonds. The van der Waals surface area contributed by atoms with Crippen molar-refractivity contribution in [1.82, 2.24) is 4.90 Å². The molecule has 0 aliphatic carbocycles. The topological polar surface area (TPSA) is 39.4 Å². The molecule has 0 saturated carbocycles. The van der Waals surface area contributed by atoms with E-state index in [0.29, 0.717) is 0 Å². The highest BCUT2D eigenvalue weighted by Crippen LogP contribution is 2.16. The van der Waals surface area contributed by atoms with Crippen molar-refractivity contribution in [2.45, 2.75) is 13.3 Å². The minimum atomic E-state index is 0.890. The first-order chi connectivity index (χ1) is 5.38. The monoisotopic (exact) mass is 169 g/mol. The Morgan fingerprint density at radius 2 is 2.64 bits per heavy atom. The van der Waals surface area contributed by atoms with Crippen molar-refractivity contribution in [3.63, 3.8) is 0 Å². The van der Waals surface area contributed by atoms with E-state index < -0.39 is 0 Å². The van der Waals surface area contributed by atoms with Crippen LogP contribution in [-0.2, 0) is 0 Å². The lowest BCUT2D eigenvalue weighted by atomic mass is 10.4. The van der Waals surface area contributed by atoms with Gasteiger partial charge in [-0.3, -0.25) is 0 Å². The second kappa shape index (κ2) is 4.24. The third-order valence-corrected chi connectivity index (χ3v) is 2.70. The summed E-state index contributed by atoms with van der Waals surface area (Å²) in [6.45, 7) is 4.08. The minimum Gasteiger partial charge on any atom is -0.351 e. The molecule has 0 aromatic carbocycles. The maximum atomic E-state index is 8.35. The number of rotatable bonds is 1. The van der Waals surface area contributed by atoms with Gasteiger partial charge in [0.05, 0.1) is 0 Å². The second-order valence-electron chi connectivity index (χ2n) is 2.28. The van der Waals surface area contributed by atoms with Gasteiger partial charge in [0.2, 0.25) is 6.19 Å². The molecule has 0 spiro atoms. The Morgan fingerprint density at radius 1 is 1.82 bits per heavy atom. The molecule has 3 nitrogen and oxygen atoms in total. The molecule has 1 saturated heterocycles. The molecule has 60 valence electrons. The van der Waals surface area contributed by atoms with E-state index in [0.717, 1.165) is 24.0 Å². The van der Waals surface area contributed by atoms with Gasteiger partial charge in [0, 0.05) is 18.8 Å². The average Bonchev–Trinajstić information content (AvgIpc) is 2.06. The van der Waals surface area contributed by atoms with Gasteiger partial charge in [-0.2, -0.15) is 5.26 Å². The number of amidine groups is 1. The van der Waals surface area contributed by atoms with Crippen LogP contribution in [0.1, 0.15) is 13.3 Å². The number of nitriles is 1. The zero-order valence-electron chi connectivity index (χ0n) is 6.58. The molecular weight excluding hydrogens is 158 g/mol. The molecule has 1 rings (SSSR count). The van der Waals surface area contributed by atoms with Crippen molar-refractivity contribution in [3.8, 4) is 6.19 Å². The normalized spacial score (nSPS) is 21.8. The summed E-state index contributed by atoms with van der Waals surface area (Å²) in [6.07, 6.45) is 3.02. The predicted octanol–water partition coefficient (Wildman–Crippen LogP) is 1.28. The number of aliphatic imine (C=N–C) groups is 1. The van der Waals surface area contributed by atoms with Crippen LogP contribution < -0.4 is 0 Å². The number of nitrogens with zero attached hydrogens (tertiary/aromatic N) is 3. The molecule has 0 aromatic rings. The SMILES string of the molecule is CCN1CCCS/C1=N\C#N. The summed E-state index contributed by atoms with van der Waals surface area (Å²) in [6, 6.07) is 0. The smallest absolute Gasteiger partial charge is 0.208 e. The predicted molar refractivity (Wildman–Crippen MR) is 47.4 cm³/mol. The highest BCUT2D eigenvalue weighted by atomic mass is 32.2. The minimum absolute atomic E-state index is 0.890. The fourth-order valence-corrected chi connectivity index (χ4v) is 2.01. The Balaban J connectivity index is 2.60. The van der Waals surface area contributed by atoms with E-state index in [1.165, 1.54) is 6.42 Å². The lowest BCUT2D eigenvalue weighted by molar-refractivity contribution is 0.444. The second-order valence-corrected chi connectivity index (χ2v) is 3.34. The Labute approximate surface area is 71.1 Å². The molecule has 1 heterocycles. The van der Waals surface area contributed by atoms with Crippen LogP contribution in [0.5, 0.6) is 0 Å². The van der Waals surface area contributed by atoms with Gasteiger partial charge >= 0.3 is 0 Å². The molecule has 1 aliphatic heterocycles. The summed E-state index contributed by atoms with van der Waals surface area (Å²) in [5.74, 6) is 1.09. The lowest BCUT2D eigenvalue weighted by Crippen LogP contribution is -2.33. The Kier molecular flexibility index (Phi) is 3.24. The molecule has 0 bridgehead atoms. The molecule has 11 heavy (non-hydrogen) atoms. The molecular formula is C7H11N3S. The van der Waals surface area contributed by atoms with E-state index >= 15 is 0 Å². The standard InChI is InChI=1S/C7H11N3S/c1-2-10-4-3-5-11-7(10)9-6-8/h2-5H2,1H3/b9-7-. The van der Waals surface area contributed by atoms with Crippen molar-refractivity contribution in [2.75, 3.05) is 18.8 Å². The zero-order valence-corrected chi connectivity index (χ0v) is 7.39. The number of hydrogen-bond donors (Lipinski definition) is 0. The van der Waals surface area contributed by atoms with E-state index in [2.05, 4.69) is 16.8 Å². The summed E-state index contributed by atoms with van der Waals surface area (Å²) in [5.41, 5.74) is 0. The Morgan fingerprint density at radius 3 is 3.27 bits per heavy atom. The van der Waals surface area contributed by atoms with Crippen molar-refractivity contribution >= 4 is 16.9 Å². The summed E-state index contributed by atoms with van der Waals surface area (Å²) < 4.78 is 0. The molecule has 1 aliphatic rings. The van der Waals surface area contributed by atoms with Crippen LogP contribution in [0.3, 0.4) is 0 Å². The fraction of sp³-hybridized carbons (Fsp3) is 0.714. The van der Waals surface area contributed by atoms with Crippen molar-refractivity contribution in [2.24, 2.45) is 4.99 Å². The van der Waals surface area contributed by atoms with Crippen molar-refractivity contribution in [3.05, 3.63) is 0 Å². The van der Waals surface area contributed by atoms with Gasteiger partial charge < -0.3 is 4.90 Å². The zero-order chi connectivity index (χ0) is 8.10. The van der Waals surface area contributed by atoms with E-state index in [1.807, 2.05) is 6.19 Å². The third-order valence-electron chi connectivity index (χ3n) is 1.60. The Bertz CT molecular complexity index is 194. The van der Waals surface area contributed by atoms with Gasteiger partial charge in [0.15, 0.2) is 5.17 Å². The van der Waals surface area contributed by atoms with E-state index in [1.54, 1.807) is 11.8 Å². The molecule has 0 radical (unpaired) electrons. The van der Waals surface area contributed by atoms with Crippen LogP contribution in [0, 0.1) is 11.5 Å². The molecule has 0 unspecified atom stereocenters. The first kappa shape index (κ1) is 8.41. The highest BCUT2D eigenvalue weighted by Gasteiger charge is 2.14. The molecule has 1 fully saturated rings. The maximum absolute atomic E-state index is 8.35. The van der Waals surface area contributed by atoms with Crippen LogP contribution >= 0.6 is 11.8 Å². The highest BCUT2D eigenvalue weighted by molar-refractivity contribution is 8.13. The molecule has 0 N–H and O–H groups in total. The summed E-state index contributed by atoms with van der Waals surface area (Å²) in [4.78, 5) is 5.88. The molecule has 0 atom stereocenters. The van der Waals surface area contributed by atoms with Gasteiger partial charge in [-0.15, -0.1) is 4.99 Å². The van der Waals surface area contributed by atoms with Crippen molar-refractivity contribution < 1.29 is 0 Å².